The van der Waals surface area contributed by atoms with E-state index < -0.39 is 12.0 Å². The first kappa shape index (κ1) is 21.2. The SMILES string of the molecule is COCCN1C(=O)c2ccccc2[C@H](C(=O)NCc2ccc(F)cc2)[C@H]1c1cccs1. The van der Waals surface area contributed by atoms with Crippen LogP contribution in [0.2, 0.25) is 0 Å². The Morgan fingerprint density at radius 2 is 1.90 bits per heavy atom. The Kier molecular flexibility index (Phi) is 6.44. The van der Waals surface area contributed by atoms with Crippen molar-refractivity contribution < 1.29 is 18.7 Å². The van der Waals surface area contributed by atoms with Crippen molar-refractivity contribution in [3.05, 3.63) is 93.4 Å². The van der Waals surface area contributed by atoms with Gasteiger partial charge in [0.25, 0.3) is 5.91 Å². The van der Waals surface area contributed by atoms with Crippen LogP contribution in [0, 0.1) is 5.82 Å². The molecule has 2 atom stereocenters. The van der Waals surface area contributed by atoms with E-state index >= 15 is 0 Å². The molecule has 1 N–H and O–H groups in total. The van der Waals surface area contributed by atoms with Gasteiger partial charge < -0.3 is 15.0 Å². The quantitative estimate of drug-likeness (QED) is 0.604. The number of fused-ring (bicyclic) bond motifs is 1. The second-order valence-corrected chi connectivity index (χ2v) is 8.34. The molecular weight excluding hydrogens is 415 g/mol. The molecule has 160 valence electrons. The summed E-state index contributed by atoms with van der Waals surface area (Å²) >= 11 is 1.52. The van der Waals surface area contributed by atoms with Crippen LogP contribution in [0.15, 0.2) is 66.0 Å². The van der Waals surface area contributed by atoms with E-state index in [1.807, 2.05) is 35.7 Å². The van der Waals surface area contributed by atoms with Crippen LogP contribution in [0.3, 0.4) is 0 Å². The summed E-state index contributed by atoms with van der Waals surface area (Å²) in [5, 5.41) is 4.93. The molecule has 5 nitrogen and oxygen atoms in total. The van der Waals surface area contributed by atoms with E-state index in [1.165, 1.54) is 23.5 Å². The highest BCUT2D eigenvalue weighted by Gasteiger charge is 2.44. The van der Waals surface area contributed by atoms with Crippen molar-refractivity contribution in [3.8, 4) is 0 Å². The predicted molar refractivity (Wildman–Crippen MR) is 117 cm³/mol. The van der Waals surface area contributed by atoms with Crippen molar-refractivity contribution in [3.63, 3.8) is 0 Å². The zero-order valence-electron chi connectivity index (χ0n) is 17.1. The monoisotopic (exact) mass is 438 g/mol. The second-order valence-electron chi connectivity index (χ2n) is 7.36. The molecule has 7 heteroatoms. The van der Waals surface area contributed by atoms with Crippen LogP contribution in [-0.4, -0.2) is 37.0 Å². The van der Waals surface area contributed by atoms with Gasteiger partial charge in [0, 0.05) is 30.6 Å². The van der Waals surface area contributed by atoms with E-state index in [0.717, 1.165) is 16.0 Å². The molecule has 0 aliphatic carbocycles. The first-order chi connectivity index (χ1) is 15.1. The van der Waals surface area contributed by atoms with Gasteiger partial charge in [0.15, 0.2) is 0 Å². The number of carbonyl (C=O) groups excluding carboxylic acids is 2. The first-order valence-corrected chi connectivity index (χ1v) is 10.9. The number of halogens is 1. The van der Waals surface area contributed by atoms with Crippen LogP contribution in [0.4, 0.5) is 4.39 Å². The molecule has 0 radical (unpaired) electrons. The summed E-state index contributed by atoms with van der Waals surface area (Å²) in [7, 11) is 1.59. The number of carbonyl (C=O) groups is 2. The highest BCUT2D eigenvalue weighted by Crippen LogP contribution is 2.44. The lowest BCUT2D eigenvalue weighted by molar-refractivity contribution is -0.124. The average Bonchev–Trinajstić information content (AvgIpc) is 3.32. The van der Waals surface area contributed by atoms with E-state index in [0.29, 0.717) is 18.7 Å². The maximum absolute atomic E-state index is 13.5. The third kappa shape index (κ3) is 4.38. The summed E-state index contributed by atoms with van der Waals surface area (Å²) in [5.74, 6) is -1.16. The van der Waals surface area contributed by atoms with Gasteiger partial charge in [-0.15, -0.1) is 11.3 Å². The maximum Gasteiger partial charge on any atom is 0.254 e. The fourth-order valence-electron chi connectivity index (χ4n) is 3.99. The molecule has 1 aliphatic heterocycles. The third-order valence-corrected chi connectivity index (χ3v) is 6.42. The topological polar surface area (TPSA) is 58.6 Å². The second kappa shape index (κ2) is 9.41. The predicted octanol–water partition coefficient (Wildman–Crippen LogP) is 4.13. The Hall–Kier alpha value is -3.03. The van der Waals surface area contributed by atoms with E-state index in [-0.39, 0.29) is 24.2 Å². The Labute approximate surface area is 184 Å². The number of methoxy groups -OCH3 is 1. The Balaban J connectivity index is 1.70. The lowest BCUT2D eigenvalue weighted by Crippen LogP contribution is -2.48. The van der Waals surface area contributed by atoms with E-state index in [4.69, 9.17) is 4.74 Å². The summed E-state index contributed by atoms with van der Waals surface area (Å²) in [6.07, 6.45) is 0. The lowest BCUT2D eigenvalue weighted by Gasteiger charge is -2.41. The summed E-state index contributed by atoms with van der Waals surface area (Å²) < 4.78 is 18.4. The first-order valence-electron chi connectivity index (χ1n) is 10.0. The minimum atomic E-state index is -0.565. The van der Waals surface area contributed by atoms with Crippen LogP contribution in [0.1, 0.15) is 38.3 Å². The highest BCUT2D eigenvalue weighted by molar-refractivity contribution is 7.10. The zero-order chi connectivity index (χ0) is 21.8. The highest BCUT2D eigenvalue weighted by atomic mass is 32.1. The van der Waals surface area contributed by atoms with E-state index in [9.17, 15) is 14.0 Å². The van der Waals surface area contributed by atoms with Gasteiger partial charge in [0.1, 0.15) is 5.82 Å². The number of rotatable bonds is 7. The van der Waals surface area contributed by atoms with Gasteiger partial charge in [-0.3, -0.25) is 9.59 Å². The molecule has 0 saturated carbocycles. The van der Waals surface area contributed by atoms with Crippen LogP contribution >= 0.6 is 11.3 Å². The van der Waals surface area contributed by atoms with Crippen molar-refractivity contribution >= 4 is 23.2 Å². The van der Waals surface area contributed by atoms with Crippen molar-refractivity contribution in [2.75, 3.05) is 20.3 Å². The maximum atomic E-state index is 13.5. The van der Waals surface area contributed by atoms with Gasteiger partial charge in [-0.2, -0.15) is 0 Å². The number of amides is 2. The number of nitrogens with zero attached hydrogens (tertiary/aromatic N) is 1. The van der Waals surface area contributed by atoms with Gasteiger partial charge in [-0.1, -0.05) is 36.4 Å². The molecule has 1 aromatic heterocycles. The van der Waals surface area contributed by atoms with Crippen molar-refractivity contribution in [1.82, 2.24) is 10.2 Å². The normalized spacial score (nSPS) is 18.0. The van der Waals surface area contributed by atoms with Gasteiger partial charge in [-0.25, -0.2) is 4.39 Å². The van der Waals surface area contributed by atoms with Gasteiger partial charge in [-0.05, 0) is 40.8 Å². The molecule has 4 rings (SSSR count). The zero-order valence-corrected chi connectivity index (χ0v) is 17.9. The Morgan fingerprint density at radius 1 is 1.13 bits per heavy atom. The van der Waals surface area contributed by atoms with Crippen LogP contribution in [0.25, 0.3) is 0 Å². The smallest absolute Gasteiger partial charge is 0.254 e. The molecule has 0 bridgehead atoms. The van der Waals surface area contributed by atoms with Gasteiger partial charge in [0.05, 0.1) is 18.6 Å². The number of ether oxygens (including phenoxy) is 1. The Morgan fingerprint density at radius 3 is 2.61 bits per heavy atom. The summed E-state index contributed by atoms with van der Waals surface area (Å²) in [6, 6.07) is 16.8. The lowest BCUT2D eigenvalue weighted by atomic mass is 9.81. The average molecular weight is 439 g/mol. The van der Waals surface area contributed by atoms with Crippen LogP contribution < -0.4 is 5.32 Å². The van der Waals surface area contributed by atoms with Crippen LogP contribution in [-0.2, 0) is 16.1 Å². The molecule has 1 aliphatic rings. The molecule has 0 spiro atoms. The van der Waals surface area contributed by atoms with Crippen molar-refractivity contribution in [2.24, 2.45) is 0 Å². The molecular formula is C24H23FN2O3S. The summed E-state index contributed by atoms with van der Waals surface area (Å²) in [5.41, 5.74) is 2.06. The van der Waals surface area contributed by atoms with Crippen molar-refractivity contribution in [1.29, 1.82) is 0 Å². The summed E-state index contributed by atoms with van der Waals surface area (Å²) in [6.45, 7) is 1.04. The Bertz CT molecular complexity index is 1050. The summed E-state index contributed by atoms with van der Waals surface area (Å²) in [4.78, 5) is 29.5. The molecule has 0 unspecified atom stereocenters. The molecule has 0 saturated heterocycles. The largest absolute Gasteiger partial charge is 0.383 e. The van der Waals surface area contributed by atoms with E-state index in [2.05, 4.69) is 5.32 Å². The number of thiophene rings is 1. The fourth-order valence-corrected chi connectivity index (χ4v) is 4.86. The molecule has 31 heavy (non-hydrogen) atoms. The fraction of sp³-hybridized carbons (Fsp3) is 0.250. The molecule has 2 aromatic carbocycles. The van der Waals surface area contributed by atoms with Crippen LogP contribution in [0.5, 0.6) is 0 Å². The van der Waals surface area contributed by atoms with Crippen molar-refractivity contribution in [2.45, 2.75) is 18.5 Å². The number of hydrogen-bond acceptors (Lipinski definition) is 4. The molecule has 2 heterocycles. The molecule has 0 fully saturated rings. The standard InChI is InChI=1S/C24H23FN2O3S/c1-30-13-12-27-22(20-7-4-14-31-20)21(18-5-2-3-6-19(18)24(27)29)23(28)26-15-16-8-10-17(25)11-9-16/h2-11,14,21-22H,12-13,15H2,1H3,(H,26,28)/t21-,22+/m0/s1. The minimum Gasteiger partial charge on any atom is -0.383 e. The number of hydrogen-bond donors (Lipinski definition) is 1. The number of nitrogens with one attached hydrogen (secondary N) is 1. The minimum absolute atomic E-state index is 0.103. The van der Waals surface area contributed by atoms with E-state index in [1.54, 1.807) is 30.2 Å². The molecule has 3 aromatic rings. The third-order valence-electron chi connectivity index (χ3n) is 5.47. The molecule has 2 amide bonds. The van der Waals surface area contributed by atoms with Gasteiger partial charge in [0.2, 0.25) is 5.91 Å². The van der Waals surface area contributed by atoms with Gasteiger partial charge >= 0.3 is 0 Å². The number of benzene rings is 2.